The van der Waals surface area contributed by atoms with E-state index in [1.165, 1.54) is 4.90 Å². The zero-order valence-corrected chi connectivity index (χ0v) is 20.1. The zero-order chi connectivity index (χ0) is 24.8. The number of aliphatic hydroxyl groups excluding tert-OH is 1. The van der Waals surface area contributed by atoms with E-state index in [9.17, 15) is 19.5 Å². The molecule has 0 radical (unpaired) electrons. The van der Waals surface area contributed by atoms with Crippen LogP contribution in [0, 0.1) is 11.8 Å². The van der Waals surface area contributed by atoms with Crippen molar-refractivity contribution in [2.24, 2.45) is 11.8 Å². The molecule has 5 rings (SSSR count). The van der Waals surface area contributed by atoms with Crippen molar-refractivity contribution in [3.8, 4) is 0 Å². The molecule has 1 spiro atoms. The van der Waals surface area contributed by atoms with Gasteiger partial charge in [0.2, 0.25) is 17.7 Å². The van der Waals surface area contributed by atoms with Gasteiger partial charge in [0.1, 0.15) is 23.8 Å². The Balaban J connectivity index is 1.44. The Morgan fingerprint density at radius 1 is 1.23 bits per heavy atom. The van der Waals surface area contributed by atoms with E-state index in [1.807, 2.05) is 38.1 Å². The van der Waals surface area contributed by atoms with E-state index in [-0.39, 0.29) is 37.5 Å². The molecule has 3 saturated heterocycles. The fourth-order valence-electron chi connectivity index (χ4n) is 6.25. The molecule has 2 unspecified atom stereocenters. The third-order valence-electron chi connectivity index (χ3n) is 7.74. The van der Waals surface area contributed by atoms with Gasteiger partial charge in [0, 0.05) is 19.7 Å². The van der Waals surface area contributed by atoms with Crippen LogP contribution >= 0.6 is 0 Å². The lowest BCUT2D eigenvalue weighted by molar-refractivity contribution is -0.146. The topological polar surface area (TPSA) is 139 Å². The predicted octanol–water partition coefficient (Wildman–Crippen LogP) is 0.178. The number of benzene rings is 1. The third-order valence-corrected chi connectivity index (χ3v) is 7.74. The molecule has 1 aromatic carbocycles. The summed E-state index contributed by atoms with van der Waals surface area (Å²) in [6.07, 6.45) is 2.21. The molecule has 3 N–H and O–H groups in total. The second-order valence-electron chi connectivity index (χ2n) is 9.90. The number of aromatic nitrogens is 3. The number of carbonyl (C=O) groups excluding carboxylic acids is 3. The van der Waals surface area contributed by atoms with Crippen LogP contribution < -0.4 is 10.6 Å². The number of hydrogen-bond acceptors (Lipinski definition) is 7. The van der Waals surface area contributed by atoms with E-state index in [0.29, 0.717) is 31.3 Å². The fourth-order valence-corrected chi connectivity index (χ4v) is 6.25. The molecule has 5 atom stereocenters. The van der Waals surface area contributed by atoms with Gasteiger partial charge in [-0.1, -0.05) is 24.3 Å². The first-order chi connectivity index (χ1) is 16.9. The summed E-state index contributed by atoms with van der Waals surface area (Å²) < 4.78 is 8.12. The minimum Gasteiger partial charge on any atom is -0.396 e. The summed E-state index contributed by atoms with van der Waals surface area (Å²) in [7, 11) is 0. The van der Waals surface area contributed by atoms with Gasteiger partial charge in [-0.15, -0.1) is 5.10 Å². The van der Waals surface area contributed by atoms with Crippen LogP contribution in [0.2, 0.25) is 0 Å². The Morgan fingerprint density at radius 2 is 2.03 bits per heavy atom. The SMILES string of the molecule is CCCNC(=O)[C@@H]1[C@H]2C(=O)N(CCCO)C(C(=O)NCn3nnc4ccccc43)C23CC[C@@]1(C)O3. The lowest BCUT2D eigenvalue weighted by atomic mass is 9.66. The number of rotatable bonds is 9. The molecule has 3 amide bonds. The molecule has 35 heavy (non-hydrogen) atoms. The maximum Gasteiger partial charge on any atom is 0.247 e. The maximum absolute atomic E-state index is 13.7. The van der Waals surface area contributed by atoms with Gasteiger partial charge in [0.05, 0.1) is 23.0 Å². The van der Waals surface area contributed by atoms with E-state index in [0.717, 1.165) is 11.9 Å². The van der Waals surface area contributed by atoms with Gasteiger partial charge in [-0.05, 0) is 44.7 Å². The van der Waals surface area contributed by atoms with Crippen LogP contribution in [-0.2, 0) is 25.8 Å². The lowest BCUT2D eigenvalue weighted by Gasteiger charge is -2.33. The highest BCUT2D eigenvalue weighted by molar-refractivity contribution is 5.99. The van der Waals surface area contributed by atoms with Gasteiger partial charge < -0.3 is 25.4 Å². The van der Waals surface area contributed by atoms with Crippen molar-refractivity contribution < 1.29 is 24.2 Å². The number of amides is 3. The van der Waals surface area contributed by atoms with Crippen molar-refractivity contribution in [1.29, 1.82) is 0 Å². The maximum atomic E-state index is 13.7. The molecule has 3 aliphatic rings. The highest BCUT2D eigenvalue weighted by Gasteiger charge is 2.77. The number of nitrogens with one attached hydrogen (secondary N) is 2. The van der Waals surface area contributed by atoms with Gasteiger partial charge >= 0.3 is 0 Å². The molecule has 3 aliphatic heterocycles. The average Bonchev–Trinajstić information content (AvgIpc) is 3.55. The lowest BCUT2D eigenvalue weighted by Crippen LogP contribution is -2.55. The Labute approximate surface area is 203 Å². The molecule has 3 fully saturated rings. The van der Waals surface area contributed by atoms with Crippen molar-refractivity contribution in [1.82, 2.24) is 30.5 Å². The van der Waals surface area contributed by atoms with Crippen LogP contribution in [0.5, 0.6) is 0 Å². The summed E-state index contributed by atoms with van der Waals surface area (Å²) in [5.74, 6) is -2.22. The molecule has 0 saturated carbocycles. The average molecular weight is 485 g/mol. The Kier molecular flexibility index (Phi) is 6.00. The number of aliphatic hydroxyl groups is 1. The van der Waals surface area contributed by atoms with E-state index < -0.39 is 29.1 Å². The van der Waals surface area contributed by atoms with Crippen LogP contribution in [0.4, 0.5) is 0 Å². The van der Waals surface area contributed by atoms with Crippen molar-refractivity contribution >= 4 is 28.8 Å². The predicted molar refractivity (Wildman–Crippen MR) is 125 cm³/mol. The Hall–Kier alpha value is -3.05. The van der Waals surface area contributed by atoms with Crippen molar-refractivity contribution in [2.75, 3.05) is 19.7 Å². The van der Waals surface area contributed by atoms with E-state index in [4.69, 9.17) is 4.74 Å². The van der Waals surface area contributed by atoms with Gasteiger partial charge in [-0.2, -0.15) is 0 Å². The van der Waals surface area contributed by atoms with E-state index in [2.05, 4.69) is 20.9 Å². The third kappa shape index (κ3) is 3.59. The highest BCUT2D eigenvalue weighted by atomic mass is 16.5. The van der Waals surface area contributed by atoms with Gasteiger partial charge in [-0.25, -0.2) is 4.68 Å². The second kappa shape index (κ2) is 8.87. The molecular formula is C24H32N6O5. The quantitative estimate of drug-likeness (QED) is 0.461. The van der Waals surface area contributed by atoms with Gasteiger partial charge in [-0.3, -0.25) is 14.4 Å². The fraction of sp³-hybridized carbons (Fsp3) is 0.625. The summed E-state index contributed by atoms with van der Waals surface area (Å²) in [4.78, 5) is 42.0. The molecule has 11 heteroatoms. The van der Waals surface area contributed by atoms with Crippen LogP contribution in [0.1, 0.15) is 39.5 Å². The summed E-state index contributed by atoms with van der Waals surface area (Å²) in [5, 5.41) is 23.5. The van der Waals surface area contributed by atoms with Crippen LogP contribution in [0.15, 0.2) is 24.3 Å². The minimum atomic E-state index is -1.08. The first-order valence-electron chi connectivity index (χ1n) is 12.3. The zero-order valence-electron chi connectivity index (χ0n) is 20.1. The van der Waals surface area contributed by atoms with Gasteiger partial charge in [0.15, 0.2) is 0 Å². The summed E-state index contributed by atoms with van der Waals surface area (Å²) in [5.41, 5.74) is -0.388. The van der Waals surface area contributed by atoms with Crippen molar-refractivity contribution in [3.63, 3.8) is 0 Å². The number of ether oxygens (including phenoxy) is 1. The normalized spacial score (nSPS) is 31.2. The molecular weight excluding hydrogens is 452 g/mol. The number of fused-ring (bicyclic) bond motifs is 2. The monoisotopic (exact) mass is 484 g/mol. The summed E-state index contributed by atoms with van der Waals surface area (Å²) >= 11 is 0. The standard InChI is InChI=1S/C24H32N6O5/c1-3-11-25-20(32)17-18-22(34)29(12-6-13-31)19(24(18)10-9-23(17,2)35-24)21(33)26-14-30-16-8-5-4-7-15(16)27-28-30/h4-5,7-8,17-19,31H,3,6,9-14H2,1-2H3,(H,25,32)(H,26,33)/t17-,18-,19?,23+,24?/m0/s1. The molecule has 0 aliphatic carbocycles. The molecule has 4 heterocycles. The molecule has 11 nitrogen and oxygen atoms in total. The molecule has 188 valence electrons. The number of hydrogen-bond donors (Lipinski definition) is 3. The molecule has 2 aromatic rings. The number of carbonyl (C=O) groups is 3. The van der Waals surface area contributed by atoms with Crippen molar-refractivity contribution in [2.45, 2.75) is 63.4 Å². The summed E-state index contributed by atoms with van der Waals surface area (Å²) in [6.45, 7) is 4.54. The molecule has 1 aromatic heterocycles. The highest BCUT2D eigenvalue weighted by Crippen LogP contribution is 2.63. The Bertz CT molecular complexity index is 1150. The van der Waals surface area contributed by atoms with Crippen LogP contribution in [0.25, 0.3) is 11.0 Å². The van der Waals surface area contributed by atoms with E-state index >= 15 is 0 Å². The number of para-hydroxylation sites is 1. The Morgan fingerprint density at radius 3 is 2.80 bits per heavy atom. The van der Waals surface area contributed by atoms with E-state index in [1.54, 1.807) is 4.68 Å². The van der Waals surface area contributed by atoms with Gasteiger partial charge in [0.25, 0.3) is 0 Å². The minimum absolute atomic E-state index is 0.0797. The molecule has 2 bridgehead atoms. The second-order valence-corrected chi connectivity index (χ2v) is 9.90. The first-order valence-corrected chi connectivity index (χ1v) is 12.3. The largest absolute Gasteiger partial charge is 0.396 e. The van der Waals surface area contributed by atoms with Crippen LogP contribution in [-0.4, -0.2) is 79.7 Å². The number of likely N-dealkylation sites (tertiary alicyclic amines) is 1. The van der Waals surface area contributed by atoms with Crippen molar-refractivity contribution in [3.05, 3.63) is 24.3 Å². The smallest absolute Gasteiger partial charge is 0.247 e. The summed E-state index contributed by atoms with van der Waals surface area (Å²) in [6, 6.07) is 6.54. The number of nitrogens with zero attached hydrogens (tertiary/aromatic N) is 4. The first kappa shape index (κ1) is 23.7. The van der Waals surface area contributed by atoms with Crippen LogP contribution in [0.3, 0.4) is 0 Å².